The number of aliphatic hydroxyl groups is 1. The Labute approximate surface area is 206 Å². The molecule has 2 aliphatic heterocycles. The molecule has 0 bridgehead atoms. The molecule has 1 N–H and O–H groups in total. The number of ketones is 1. The minimum absolute atomic E-state index is 0.0673. The van der Waals surface area contributed by atoms with E-state index in [1.165, 1.54) is 0 Å². The monoisotopic (exact) mass is 517 g/mol. The first-order chi connectivity index (χ1) is 16.4. The fourth-order valence-corrected chi connectivity index (χ4v) is 5.17. The van der Waals surface area contributed by atoms with Gasteiger partial charge in [-0.1, -0.05) is 58.4 Å². The van der Waals surface area contributed by atoms with Gasteiger partial charge in [-0.3, -0.25) is 9.59 Å². The number of rotatable bonds is 5. The molecule has 1 amide bonds. The number of halogens is 1. The van der Waals surface area contributed by atoms with Gasteiger partial charge < -0.3 is 14.7 Å². The Bertz CT molecular complexity index is 1300. The Kier molecular flexibility index (Phi) is 6.00. The molecule has 1 saturated heterocycles. The van der Waals surface area contributed by atoms with Crippen molar-refractivity contribution in [3.63, 3.8) is 0 Å². The quantitative estimate of drug-likeness (QED) is 0.278. The van der Waals surface area contributed by atoms with Crippen molar-refractivity contribution in [2.24, 2.45) is 0 Å². The fraction of sp³-hybridized carbons (Fsp3) is 0.214. The third kappa shape index (κ3) is 4.14. The number of hydrogen-bond acceptors (Lipinski definition) is 4. The summed E-state index contributed by atoms with van der Waals surface area (Å²) in [7, 11) is 0. The molecule has 2 heterocycles. The van der Waals surface area contributed by atoms with E-state index in [1.54, 1.807) is 11.0 Å². The molecule has 0 radical (unpaired) electrons. The highest BCUT2D eigenvalue weighted by atomic mass is 79.9. The lowest BCUT2D eigenvalue weighted by atomic mass is 9.94. The van der Waals surface area contributed by atoms with Crippen molar-refractivity contribution in [3.05, 3.63) is 105 Å². The van der Waals surface area contributed by atoms with Crippen LogP contribution in [0.5, 0.6) is 5.75 Å². The molecule has 172 valence electrons. The molecule has 6 heteroatoms. The number of nitrogens with zero attached hydrogens (tertiary/aromatic N) is 1. The lowest BCUT2D eigenvalue weighted by Gasteiger charge is -2.25. The second kappa shape index (κ2) is 9.11. The van der Waals surface area contributed by atoms with Gasteiger partial charge in [0.15, 0.2) is 0 Å². The van der Waals surface area contributed by atoms with E-state index in [2.05, 4.69) is 15.9 Å². The van der Waals surface area contributed by atoms with Gasteiger partial charge in [-0.2, -0.15) is 0 Å². The van der Waals surface area contributed by atoms with Crippen LogP contribution in [0.25, 0.3) is 5.76 Å². The van der Waals surface area contributed by atoms with E-state index >= 15 is 0 Å². The standard InChI is InChI=1S/C28H24BrNO4/c1-17-14-21-15-20(10-11-23(21)34-17)26(31)24-25(19-8-5-9-22(29)16-19)30(28(33)27(24)32)13-12-18-6-3-2-4-7-18/h2-11,15-17,25,31H,12-14H2,1H3/b26-24+/t17-,25+/m0/s1. The van der Waals surface area contributed by atoms with Crippen molar-refractivity contribution in [1.29, 1.82) is 0 Å². The number of carbonyl (C=O) groups excluding carboxylic acids is 2. The second-order valence-electron chi connectivity index (χ2n) is 8.74. The van der Waals surface area contributed by atoms with Gasteiger partial charge >= 0.3 is 0 Å². The van der Waals surface area contributed by atoms with Gasteiger partial charge in [0.25, 0.3) is 11.7 Å². The van der Waals surface area contributed by atoms with Crippen molar-refractivity contribution in [1.82, 2.24) is 4.90 Å². The number of hydrogen-bond donors (Lipinski definition) is 1. The zero-order valence-electron chi connectivity index (χ0n) is 18.7. The Hall–Kier alpha value is -3.38. The average Bonchev–Trinajstić information content (AvgIpc) is 3.33. The lowest BCUT2D eigenvalue weighted by molar-refractivity contribution is -0.139. The summed E-state index contributed by atoms with van der Waals surface area (Å²) in [5.74, 6) is -0.634. The highest BCUT2D eigenvalue weighted by molar-refractivity contribution is 9.10. The van der Waals surface area contributed by atoms with Crippen molar-refractivity contribution in [2.75, 3.05) is 6.54 Å². The molecule has 2 aliphatic rings. The minimum atomic E-state index is -0.676. The molecule has 5 nitrogen and oxygen atoms in total. The van der Waals surface area contributed by atoms with Gasteiger partial charge in [-0.05, 0) is 60.4 Å². The van der Waals surface area contributed by atoms with Gasteiger partial charge in [-0.15, -0.1) is 0 Å². The number of ether oxygens (including phenoxy) is 1. The molecule has 0 saturated carbocycles. The van der Waals surface area contributed by atoms with E-state index in [0.29, 0.717) is 18.5 Å². The molecule has 3 aromatic carbocycles. The normalized spacial score (nSPS) is 20.9. The number of benzene rings is 3. The van der Waals surface area contributed by atoms with Crippen LogP contribution in [-0.4, -0.2) is 34.3 Å². The molecular formula is C28H24BrNO4. The van der Waals surface area contributed by atoms with Crippen LogP contribution in [0.3, 0.4) is 0 Å². The van der Waals surface area contributed by atoms with Gasteiger partial charge in [-0.25, -0.2) is 0 Å². The van der Waals surface area contributed by atoms with Gasteiger partial charge in [0.05, 0.1) is 11.6 Å². The van der Waals surface area contributed by atoms with Gasteiger partial charge in [0.2, 0.25) is 0 Å². The van der Waals surface area contributed by atoms with Crippen LogP contribution in [0.1, 0.15) is 35.2 Å². The average molecular weight is 518 g/mol. The van der Waals surface area contributed by atoms with E-state index in [4.69, 9.17) is 4.74 Å². The topological polar surface area (TPSA) is 66.8 Å². The van der Waals surface area contributed by atoms with Crippen LogP contribution in [0, 0.1) is 0 Å². The minimum Gasteiger partial charge on any atom is -0.507 e. The van der Waals surface area contributed by atoms with Crippen molar-refractivity contribution in [3.8, 4) is 5.75 Å². The van der Waals surface area contributed by atoms with E-state index < -0.39 is 17.7 Å². The summed E-state index contributed by atoms with van der Waals surface area (Å²) in [6, 6.07) is 22.1. The number of Topliss-reactive ketones (excluding diaryl/α,β-unsaturated/α-hetero) is 1. The first kappa shape index (κ1) is 22.4. The molecule has 2 atom stereocenters. The molecule has 5 rings (SSSR count). The summed E-state index contributed by atoms with van der Waals surface area (Å²) < 4.78 is 6.60. The van der Waals surface area contributed by atoms with Crippen LogP contribution < -0.4 is 4.74 Å². The Morgan fingerprint density at radius 2 is 1.85 bits per heavy atom. The van der Waals surface area contributed by atoms with Crippen LogP contribution in [0.15, 0.2) is 82.8 Å². The number of aliphatic hydroxyl groups excluding tert-OH is 1. The molecule has 1 fully saturated rings. The maximum Gasteiger partial charge on any atom is 0.295 e. The maximum atomic E-state index is 13.3. The van der Waals surface area contributed by atoms with Crippen molar-refractivity contribution in [2.45, 2.75) is 31.9 Å². The SMILES string of the molecule is C[C@H]1Cc2cc(/C(O)=C3\C(=O)C(=O)N(CCc4ccccc4)[C@@H]3c3cccc(Br)c3)ccc2O1. The Morgan fingerprint density at radius 1 is 1.06 bits per heavy atom. The number of carbonyl (C=O) groups is 2. The molecule has 0 unspecified atom stereocenters. The summed E-state index contributed by atoms with van der Waals surface area (Å²) in [6.07, 6.45) is 1.40. The third-order valence-corrected chi connectivity index (χ3v) is 6.85. The number of likely N-dealkylation sites (tertiary alicyclic amines) is 1. The Balaban J connectivity index is 1.58. The van der Waals surface area contributed by atoms with Gasteiger partial charge in [0, 0.05) is 23.0 Å². The van der Waals surface area contributed by atoms with Gasteiger partial charge in [0.1, 0.15) is 17.6 Å². The summed E-state index contributed by atoms with van der Waals surface area (Å²) in [5, 5.41) is 11.3. The largest absolute Gasteiger partial charge is 0.507 e. The highest BCUT2D eigenvalue weighted by Crippen LogP contribution is 2.41. The summed E-state index contributed by atoms with van der Waals surface area (Å²) in [5.41, 5.74) is 3.45. The zero-order chi connectivity index (χ0) is 23.8. The highest BCUT2D eigenvalue weighted by Gasteiger charge is 2.46. The van der Waals surface area contributed by atoms with E-state index in [0.717, 1.165) is 33.3 Å². The molecule has 0 aromatic heterocycles. The predicted octanol–water partition coefficient (Wildman–Crippen LogP) is 5.44. The summed E-state index contributed by atoms with van der Waals surface area (Å²) in [4.78, 5) is 28.0. The lowest BCUT2D eigenvalue weighted by Crippen LogP contribution is -2.31. The number of amides is 1. The molecule has 34 heavy (non-hydrogen) atoms. The fourth-order valence-electron chi connectivity index (χ4n) is 4.75. The third-order valence-electron chi connectivity index (χ3n) is 6.36. The number of fused-ring (bicyclic) bond motifs is 1. The van der Waals surface area contributed by atoms with E-state index in [-0.39, 0.29) is 17.4 Å². The summed E-state index contributed by atoms with van der Waals surface area (Å²) in [6.45, 7) is 2.35. The first-order valence-electron chi connectivity index (χ1n) is 11.3. The van der Waals surface area contributed by atoms with E-state index in [1.807, 2.05) is 73.7 Å². The summed E-state index contributed by atoms with van der Waals surface area (Å²) >= 11 is 3.50. The zero-order valence-corrected chi connectivity index (χ0v) is 20.3. The molecule has 3 aromatic rings. The van der Waals surface area contributed by atoms with E-state index in [9.17, 15) is 14.7 Å². The van der Waals surface area contributed by atoms with Crippen LogP contribution in [-0.2, 0) is 22.4 Å². The molecule has 0 aliphatic carbocycles. The maximum absolute atomic E-state index is 13.3. The van der Waals surface area contributed by atoms with Crippen LogP contribution in [0.2, 0.25) is 0 Å². The smallest absolute Gasteiger partial charge is 0.295 e. The second-order valence-corrected chi connectivity index (χ2v) is 9.65. The van der Waals surface area contributed by atoms with Crippen LogP contribution >= 0.6 is 15.9 Å². The van der Waals surface area contributed by atoms with Crippen molar-refractivity contribution < 1.29 is 19.4 Å². The predicted molar refractivity (Wildman–Crippen MR) is 134 cm³/mol. The molecule has 0 spiro atoms. The molecular weight excluding hydrogens is 494 g/mol. The Morgan fingerprint density at radius 3 is 2.62 bits per heavy atom. The first-order valence-corrected chi connectivity index (χ1v) is 12.1. The van der Waals surface area contributed by atoms with Crippen LogP contribution in [0.4, 0.5) is 0 Å². The van der Waals surface area contributed by atoms with Crippen molar-refractivity contribution >= 4 is 33.4 Å².